The van der Waals surface area contributed by atoms with Crippen molar-refractivity contribution in [2.75, 3.05) is 0 Å². The fourth-order valence-corrected chi connectivity index (χ4v) is 1.90. The maximum absolute atomic E-state index is 9.27. The summed E-state index contributed by atoms with van der Waals surface area (Å²) in [6.45, 7) is 6.05. The number of rotatable bonds is 2. The van der Waals surface area contributed by atoms with Crippen LogP contribution in [0.3, 0.4) is 0 Å². The standard InChI is InChI=1S/C16H13NO2.C2H6/c1-11-2-4-12(5-3-11)15-10-16(19-17-15)13-6-8-14(18)9-7-13;1-2/h2-10,18H,1H3;1-2H3. The number of hydrogen-bond acceptors (Lipinski definition) is 3. The van der Waals surface area contributed by atoms with Gasteiger partial charge >= 0.3 is 0 Å². The van der Waals surface area contributed by atoms with Crippen LogP contribution in [-0.2, 0) is 0 Å². The number of aromatic nitrogens is 1. The van der Waals surface area contributed by atoms with E-state index in [0.29, 0.717) is 5.76 Å². The van der Waals surface area contributed by atoms with Gasteiger partial charge in [0, 0.05) is 17.2 Å². The second-order valence-corrected chi connectivity index (χ2v) is 4.49. The predicted molar refractivity (Wildman–Crippen MR) is 85.1 cm³/mol. The van der Waals surface area contributed by atoms with Crippen molar-refractivity contribution in [2.24, 2.45) is 0 Å². The van der Waals surface area contributed by atoms with Gasteiger partial charge in [0.25, 0.3) is 0 Å². The van der Waals surface area contributed by atoms with Crippen LogP contribution in [0, 0.1) is 6.92 Å². The molecule has 0 amide bonds. The summed E-state index contributed by atoms with van der Waals surface area (Å²) in [6, 6.07) is 16.9. The van der Waals surface area contributed by atoms with Gasteiger partial charge in [-0.25, -0.2) is 0 Å². The molecule has 0 aliphatic rings. The van der Waals surface area contributed by atoms with Crippen LogP contribution >= 0.6 is 0 Å². The first kappa shape index (κ1) is 14.9. The van der Waals surface area contributed by atoms with Gasteiger partial charge in [-0.05, 0) is 31.2 Å². The fraction of sp³-hybridized carbons (Fsp3) is 0.167. The van der Waals surface area contributed by atoms with Crippen molar-refractivity contribution in [3.63, 3.8) is 0 Å². The monoisotopic (exact) mass is 281 g/mol. The molecule has 108 valence electrons. The van der Waals surface area contributed by atoms with Crippen molar-refractivity contribution in [3.05, 3.63) is 60.2 Å². The summed E-state index contributed by atoms with van der Waals surface area (Å²) in [5.74, 6) is 0.928. The molecule has 0 aliphatic heterocycles. The third-order valence-electron chi connectivity index (χ3n) is 3.01. The SMILES string of the molecule is CC.Cc1ccc(-c2cc(-c3ccc(O)cc3)on2)cc1. The molecule has 0 unspecified atom stereocenters. The highest BCUT2D eigenvalue weighted by atomic mass is 16.5. The zero-order valence-electron chi connectivity index (χ0n) is 12.5. The van der Waals surface area contributed by atoms with Crippen molar-refractivity contribution in [1.29, 1.82) is 0 Å². The molecule has 0 atom stereocenters. The summed E-state index contributed by atoms with van der Waals surface area (Å²) in [7, 11) is 0. The van der Waals surface area contributed by atoms with E-state index >= 15 is 0 Å². The zero-order chi connectivity index (χ0) is 15.2. The summed E-state index contributed by atoms with van der Waals surface area (Å²) >= 11 is 0. The van der Waals surface area contributed by atoms with Crippen LogP contribution in [0.1, 0.15) is 19.4 Å². The van der Waals surface area contributed by atoms with Crippen molar-refractivity contribution < 1.29 is 9.63 Å². The number of phenols is 1. The number of aromatic hydroxyl groups is 1. The smallest absolute Gasteiger partial charge is 0.167 e. The highest BCUT2D eigenvalue weighted by Gasteiger charge is 2.08. The Bertz CT molecular complexity index is 622. The first-order valence-corrected chi connectivity index (χ1v) is 7.05. The first-order valence-electron chi connectivity index (χ1n) is 7.05. The number of hydrogen-bond donors (Lipinski definition) is 1. The lowest BCUT2D eigenvalue weighted by molar-refractivity contribution is 0.434. The Labute approximate surface area is 124 Å². The van der Waals surface area contributed by atoms with Gasteiger partial charge in [-0.1, -0.05) is 48.8 Å². The lowest BCUT2D eigenvalue weighted by Crippen LogP contribution is -1.77. The molecule has 0 spiro atoms. The van der Waals surface area contributed by atoms with Crippen LogP contribution in [0.4, 0.5) is 0 Å². The minimum Gasteiger partial charge on any atom is -0.508 e. The van der Waals surface area contributed by atoms with Gasteiger partial charge in [0.2, 0.25) is 0 Å². The molecular formula is C18H19NO2. The molecule has 3 aromatic rings. The lowest BCUT2D eigenvalue weighted by Gasteiger charge is -1.96. The molecule has 0 saturated heterocycles. The Morgan fingerprint density at radius 2 is 1.43 bits per heavy atom. The maximum Gasteiger partial charge on any atom is 0.167 e. The number of benzene rings is 2. The van der Waals surface area contributed by atoms with E-state index in [0.717, 1.165) is 16.8 Å². The minimum absolute atomic E-state index is 0.238. The molecule has 1 heterocycles. The van der Waals surface area contributed by atoms with E-state index in [-0.39, 0.29) is 5.75 Å². The Morgan fingerprint density at radius 1 is 0.857 bits per heavy atom. The normalized spacial score (nSPS) is 9.86. The van der Waals surface area contributed by atoms with E-state index < -0.39 is 0 Å². The predicted octanol–water partition coefficient (Wildman–Crippen LogP) is 5.05. The number of phenolic OH excluding ortho intramolecular Hbond substituents is 1. The molecule has 0 bridgehead atoms. The second kappa shape index (κ2) is 6.75. The third-order valence-corrected chi connectivity index (χ3v) is 3.01. The lowest BCUT2D eigenvalue weighted by atomic mass is 10.1. The molecular weight excluding hydrogens is 262 g/mol. The van der Waals surface area contributed by atoms with E-state index in [1.165, 1.54) is 5.56 Å². The Balaban J connectivity index is 0.000000774. The van der Waals surface area contributed by atoms with E-state index in [9.17, 15) is 5.11 Å². The quantitative estimate of drug-likeness (QED) is 0.715. The first-order chi connectivity index (χ1) is 10.2. The zero-order valence-corrected chi connectivity index (χ0v) is 12.5. The van der Waals surface area contributed by atoms with Crippen LogP contribution in [-0.4, -0.2) is 10.3 Å². The van der Waals surface area contributed by atoms with E-state index in [4.69, 9.17) is 4.52 Å². The molecule has 0 aliphatic carbocycles. The van der Waals surface area contributed by atoms with E-state index in [1.807, 2.05) is 44.2 Å². The summed E-state index contributed by atoms with van der Waals surface area (Å²) in [4.78, 5) is 0. The number of nitrogens with zero attached hydrogens (tertiary/aromatic N) is 1. The van der Waals surface area contributed by atoms with Crippen molar-refractivity contribution >= 4 is 0 Å². The molecule has 3 rings (SSSR count). The minimum atomic E-state index is 0.238. The number of aryl methyl sites for hydroxylation is 1. The van der Waals surface area contributed by atoms with Gasteiger partial charge in [0.15, 0.2) is 5.76 Å². The topological polar surface area (TPSA) is 46.3 Å². The average Bonchev–Trinajstić information content (AvgIpc) is 3.01. The van der Waals surface area contributed by atoms with Crippen LogP contribution in [0.2, 0.25) is 0 Å². The summed E-state index contributed by atoms with van der Waals surface area (Å²) in [6.07, 6.45) is 0. The molecule has 1 N–H and O–H groups in total. The average molecular weight is 281 g/mol. The summed E-state index contributed by atoms with van der Waals surface area (Å²) in [5.41, 5.74) is 3.94. The Hall–Kier alpha value is -2.55. The van der Waals surface area contributed by atoms with Crippen LogP contribution in [0.15, 0.2) is 59.1 Å². The van der Waals surface area contributed by atoms with Crippen LogP contribution in [0.5, 0.6) is 5.75 Å². The van der Waals surface area contributed by atoms with Crippen LogP contribution in [0.25, 0.3) is 22.6 Å². The van der Waals surface area contributed by atoms with Crippen molar-refractivity contribution in [1.82, 2.24) is 5.16 Å². The molecule has 2 aromatic carbocycles. The van der Waals surface area contributed by atoms with Crippen molar-refractivity contribution in [3.8, 4) is 28.3 Å². The van der Waals surface area contributed by atoms with Gasteiger partial charge < -0.3 is 9.63 Å². The highest BCUT2D eigenvalue weighted by molar-refractivity contribution is 5.67. The molecule has 3 heteroatoms. The second-order valence-electron chi connectivity index (χ2n) is 4.49. The van der Waals surface area contributed by atoms with Gasteiger partial charge in [-0.2, -0.15) is 0 Å². The molecule has 0 radical (unpaired) electrons. The third kappa shape index (κ3) is 3.51. The van der Waals surface area contributed by atoms with Gasteiger partial charge in [-0.3, -0.25) is 0 Å². The van der Waals surface area contributed by atoms with Crippen molar-refractivity contribution in [2.45, 2.75) is 20.8 Å². The molecule has 3 nitrogen and oxygen atoms in total. The molecule has 1 aromatic heterocycles. The summed E-state index contributed by atoms with van der Waals surface area (Å²) in [5, 5.41) is 13.3. The van der Waals surface area contributed by atoms with E-state index in [2.05, 4.69) is 12.1 Å². The Kier molecular flexibility index (Phi) is 4.77. The largest absolute Gasteiger partial charge is 0.508 e. The van der Waals surface area contributed by atoms with Gasteiger partial charge in [0.05, 0.1) is 0 Å². The summed E-state index contributed by atoms with van der Waals surface area (Å²) < 4.78 is 5.34. The maximum atomic E-state index is 9.27. The van der Waals surface area contributed by atoms with Gasteiger partial charge in [0.1, 0.15) is 11.4 Å². The molecule has 21 heavy (non-hydrogen) atoms. The fourth-order valence-electron chi connectivity index (χ4n) is 1.90. The van der Waals surface area contributed by atoms with Crippen LogP contribution < -0.4 is 0 Å². The molecule has 0 saturated carbocycles. The molecule has 0 fully saturated rings. The van der Waals surface area contributed by atoms with E-state index in [1.54, 1.807) is 24.3 Å². The highest BCUT2D eigenvalue weighted by Crippen LogP contribution is 2.27. The Morgan fingerprint density at radius 3 is 2.05 bits per heavy atom. The van der Waals surface area contributed by atoms with Gasteiger partial charge in [-0.15, -0.1) is 0 Å².